The van der Waals surface area contributed by atoms with Gasteiger partial charge >= 0.3 is 0 Å². The van der Waals surface area contributed by atoms with Crippen LogP contribution in [0.25, 0.3) is 0 Å². The molecule has 0 aliphatic carbocycles. The smallest absolute Gasteiger partial charge is 0.231 e. The molecule has 1 unspecified atom stereocenters. The molecule has 1 aliphatic heterocycles. The summed E-state index contributed by atoms with van der Waals surface area (Å²) in [6.07, 6.45) is 0.289. The Morgan fingerprint density at radius 3 is 2.81 bits per heavy atom. The van der Waals surface area contributed by atoms with E-state index >= 15 is 0 Å². The molecule has 0 spiro atoms. The summed E-state index contributed by atoms with van der Waals surface area (Å²) in [5.41, 5.74) is 0.866. The highest BCUT2D eigenvalue weighted by atomic mass is 79.9. The topological polar surface area (TPSA) is 38.7 Å². The van der Waals surface area contributed by atoms with E-state index in [4.69, 9.17) is 9.47 Å². The number of ether oxygens (including phenoxy) is 2. The third-order valence-corrected chi connectivity index (χ3v) is 3.12. The summed E-state index contributed by atoms with van der Waals surface area (Å²) in [7, 11) is 0. The minimum Gasteiger partial charge on any atom is -0.454 e. The average molecular weight is 287 g/mol. The van der Waals surface area contributed by atoms with Crippen LogP contribution in [-0.4, -0.2) is 11.9 Å². The maximum absolute atomic E-state index is 10.0. The molecule has 1 N–H and O–H groups in total. The molecule has 2 rings (SSSR count). The van der Waals surface area contributed by atoms with Gasteiger partial charge in [-0.2, -0.15) is 0 Å². The fraction of sp³-hybridized carbons (Fsp3) is 0.500. The number of halogens is 1. The minimum atomic E-state index is -0.453. The van der Waals surface area contributed by atoms with Crippen molar-refractivity contribution in [1.29, 1.82) is 0 Å². The van der Waals surface area contributed by atoms with E-state index in [-0.39, 0.29) is 6.79 Å². The molecular formula is C12H15BrO3. The van der Waals surface area contributed by atoms with E-state index in [1.807, 2.05) is 12.1 Å². The standard InChI is InChI=1S/C12H15BrO3/c1-7(2)3-10(14)8-4-9(13)12-11(5-8)15-6-16-12/h4-5,7,10,14H,3,6H2,1-2H3. The fourth-order valence-corrected chi connectivity index (χ4v) is 2.34. The quantitative estimate of drug-likeness (QED) is 0.927. The highest BCUT2D eigenvalue weighted by Gasteiger charge is 2.20. The van der Waals surface area contributed by atoms with Crippen molar-refractivity contribution in [3.05, 3.63) is 22.2 Å². The first-order chi connectivity index (χ1) is 7.58. The Kier molecular flexibility index (Phi) is 3.40. The van der Waals surface area contributed by atoms with E-state index in [0.717, 1.165) is 22.2 Å². The second kappa shape index (κ2) is 4.63. The van der Waals surface area contributed by atoms with Gasteiger partial charge in [-0.3, -0.25) is 0 Å². The lowest BCUT2D eigenvalue weighted by Crippen LogP contribution is -2.02. The Labute approximate surface area is 104 Å². The number of fused-ring (bicyclic) bond motifs is 1. The van der Waals surface area contributed by atoms with Crippen LogP contribution in [0.3, 0.4) is 0 Å². The van der Waals surface area contributed by atoms with Crippen molar-refractivity contribution in [2.24, 2.45) is 5.92 Å². The van der Waals surface area contributed by atoms with E-state index in [2.05, 4.69) is 29.8 Å². The van der Waals surface area contributed by atoms with Gasteiger partial charge in [-0.05, 0) is 46.0 Å². The summed E-state index contributed by atoms with van der Waals surface area (Å²) in [5, 5.41) is 10.0. The first-order valence-electron chi connectivity index (χ1n) is 5.35. The number of hydrogen-bond donors (Lipinski definition) is 1. The maximum Gasteiger partial charge on any atom is 0.231 e. The van der Waals surface area contributed by atoms with Gasteiger partial charge in [-0.25, -0.2) is 0 Å². The first kappa shape index (κ1) is 11.7. The lowest BCUT2D eigenvalue weighted by molar-refractivity contribution is 0.150. The lowest BCUT2D eigenvalue weighted by atomic mass is 9.99. The molecule has 1 heterocycles. The van der Waals surface area contributed by atoms with Crippen LogP contribution in [-0.2, 0) is 0 Å². The highest BCUT2D eigenvalue weighted by Crippen LogP contribution is 2.41. The minimum absolute atomic E-state index is 0.248. The Hall–Kier alpha value is -0.740. The van der Waals surface area contributed by atoms with Crippen LogP contribution in [0.1, 0.15) is 31.9 Å². The molecule has 1 aliphatic rings. The van der Waals surface area contributed by atoms with Crippen molar-refractivity contribution in [3.8, 4) is 11.5 Å². The normalized spacial score (nSPS) is 15.6. The summed E-state index contributed by atoms with van der Waals surface area (Å²) < 4.78 is 11.4. The van der Waals surface area contributed by atoms with Crippen molar-refractivity contribution in [3.63, 3.8) is 0 Å². The van der Waals surface area contributed by atoms with Gasteiger partial charge in [0.25, 0.3) is 0 Å². The number of rotatable bonds is 3. The van der Waals surface area contributed by atoms with Crippen molar-refractivity contribution in [1.82, 2.24) is 0 Å². The number of benzene rings is 1. The maximum atomic E-state index is 10.0. The zero-order valence-corrected chi connectivity index (χ0v) is 11.0. The second-order valence-electron chi connectivity index (χ2n) is 4.38. The van der Waals surface area contributed by atoms with Crippen LogP contribution in [0.15, 0.2) is 16.6 Å². The third kappa shape index (κ3) is 2.33. The molecule has 3 nitrogen and oxygen atoms in total. The molecule has 1 aromatic rings. The monoisotopic (exact) mass is 286 g/mol. The Bertz CT molecular complexity index is 390. The molecular weight excluding hydrogens is 272 g/mol. The van der Waals surface area contributed by atoms with E-state index in [9.17, 15) is 5.11 Å². The Morgan fingerprint density at radius 2 is 2.12 bits per heavy atom. The summed E-state index contributed by atoms with van der Waals surface area (Å²) in [5.74, 6) is 1.88. The molecule has 0 aromatic heterocycles. The van der Waals surface area contributed by atoms with Gasteiger partial charge in [0.2, 0.25) is 6.79 Å². The van der Waals surface area contributed by atoms with Crippen LogP contribution in [0.4, 0.5) is 0 Å². The molecule has 88 valence electrons. The van der Waals surface area contributed by atoms with Gasteiger partial charge in [0.05, 0.1) is 10.6 Å². The molecule has 0 fully saturated rings. The van der Waals surface area contributed by atoms with Gasteiger partial charge in [0.15, 0.2) is 11.5 Å². The molecule has 0 radical (unpaired) electrons. The number of hydrogen-bond acceptors (Lipinski definition) is 3. The molecule has 0 bridgehead atoms. The molecule has 1 aromatic carbocycles. The summed E-state index contributed by atoms with van der Waals surface area (Å²) in [4.78, 5) is 0. The fourth-order valence-electron chi connectivity index (χ4n) is 1.76. The van der Waals surface area contributed by atoms with Crippen LogP contribution in [0.2, 0.25) is 0 Å². The van der Waals surface area contributed by atoms with Crippen LogP contribution >= 0.6 is 15.9 Å². The molecule has 0 amide bonds. The molecule has 1 atom stereocenters. The average Bonchev–Trinajstić information content (AvgIpc) is 2.64. The zero-order chi connectivity index (χ0) is 11.7. The third-order valence-electron chi connectivity index (χ3n) is 2.53. The highest BCUT2D eigenvalue weighted by molar-refractivity contribution is 9.10. The van der Waals surface area contributed by atoms with Crippen molar-refractivity contribution < 1.29 is 14.6 Å². The van der Waals surface area contributed by atoms with Crippen molar-refractivity contribution >= 4 is 15.9 Å². The SMILES string of the molecule is CC(C)CC(O)c1cc(Br)c2c(c1)OCO2. The van der Waals surface area contributed by atoms with E-state index in [0.29, 0.717) is 11.7 Å². The molecule has 4 heteroatoms. The van der Waals surface area contributed by atoms with Crippen molar-refractivity contribution in [2.75, 3.05) is 6.79 Å². The summed E-state index contributed by atoms with van der Waals surface area (Å²) in [6, 6.07) is 3.74. The summed E-state index contributed by atoms with van der Waals surface area (Å²) in [6.45, 7) is 4.42. The van der Waals surface area contributed by atoms with Crippen molar-refractivity contribution in [2.45, 2.75) is 26.4 Å². The predicted octanol–water partition coefficient (Wildman–Crippen LogP) is 3.26. The Morgan fingerprint density at radius 1 is 1.38 bits per heavy atom. The van der Waals surface area contributed by atoms with Crippen LogP contribution in [0, 0.1) is 5.92 Å². The van der Waals surface area contributed by atoms with E-state index in [1.165, 1.54) is 0 Å². The zero-order valence-electron chi connectivity index (χ0n) is 9.37. The molecule has 16 heavy (non-hydrogen) atoms. The van der Waals surface area contributed by atoms with E-state index in [1.54, 1.807) is 0 Å². The van der Waals surface area contributed by atoms with Crippen LogP contribution < -0.4 is 9.47 Å². The van der Waals surface area contributed by atoms with Gasteiger partial charge in [0.1, 0.15) is 0 Å². The number of aliphatic hydroxyl groups excluding tert-OH is 1. The Balaban J connectivity index is 2.26. The van der Waals surface area contributed by atoms with Gasteiger partial charge in [-0.1, -0.05) is 13.8 Å². The van der Waals surface area contributed by atoms with Crippen LogP contribution in [0.5, 0.6) is 11.5 Å². The largest absolute Gasteiger partial charge is 0.454 e. The van der Waals surface area contributed by atoms with Gasteiger partial charge in [-0.15, -0.1) is 0 Å². The lowest BCUT2D eigenvalue weighted by Gasteiger charge is -2.14. The number of aliphatic hydroxyl groups is 1. The predicted molar refractivity (Wildman–Crippen MR) is 64.7 cm³/mol. The van der Waals surface area contributed by atoms with Gasteiger partial charge in [0, 0.05) is 0 Å². The molecule has 0 saturated heterocycles. The first-order valence-corrected chi connectivity index (χ1v) is 6.14. The van der Waals surface area contributed by atoms with Gasteiger partial charge < -0.3 is 14.6 Å². The summed E-state index contributed by atoms with van der Waals surface area (Å²) >= 11 is 3.42. The molecule has 0 saturated carbocycles. The van der Waals surface area contributed by atoms with E-state index < -0.39 is 6.10 Å². The second-order valence-corrected chi connectivity index (χ2v) is 5.24.